The van der Waals surface area contributed by atoms with Crippen molar-refractivity contribution in [2.75, 3.05) is 11.9 Å². The normalized spacial score (nSPS) is 11.9. The Bertz CT molecular complexity index is 991. The van der Waals surface area contributed by atoms with Crippen LogP contribution in [0.1, 0.15) is 43.8 Å². The van der Waals surface area contributed by atoms with Crippen molar-refractivity contribution in [1.82, 2.24) is 20.6 Å². The first-order valence-corrected chi connectivity index (χ1v) is 9.46. The van der Waals surface area contributed by atoms with Crippen LogP contribution in [0, 0.1) is 11.2 Å². The molecule has 1 atom stereocenters. The van der Waals surface area contributed by atoms with Crippen molar-refractivity contribution >= 4 is 11.5 Å². The molecule has 5 N–H and O–H groups in total. The topological polar surface area (TPSA) is 135 Å². The van der Waals surface area contributed by atoms with E-state index in [-0.39, 0.29) is 29.1 Å². The molecule has 0 bridgehead atoms. The third-order valence-corrected chi connectivity index (χ3v) is 4.15. The molecule has 0 amide bonds. The molecule has 0 saturated carbocycles. The molecule has 30 heavy (non-hydrogen) atoms. The van der Waals surface area contributed by atoms with Crippen LogP contribution in [0.25, 0.3) is 0 Å². The van der Waals surface area contributed by atoms with Gasteiger partial charge in [-0.15, -0.1) is 10.2 Å². The summed E-state index contributed by atoms with van der Waals surface area (Å²) in [5, 5.41) is 24.8. The number of rotatable bonds is 9. The van der Waals surface area contributed by atoms with E-state index in [1.54, 1.807) is 30.3 Å². The third-order valence-electron chi connectivity index (χ3n) is 4.15. The number of amidine groups is 1. The lowest BCUT2D eigenvalue weighted by Crippen LogP contribution is -2.18. The maximum Gasteiger partial charge on any atom is 0.201 e. The van der Waals surface area contributed by atoms with Gasteiger partial charge in [-0.1, -0.05) is 5.21 Å². The Balaban J connectivity index is 2.05. The minimum Gasteiger partial charge on any atom is -0.494 e. The van der Waals surface area contributed by atoms with E-state index in [0.717, 1.165) is 0 Å². The van der Waals surface area contributed by atoms with Crippen LogP contribution >= 0.6 is 0 Å². The molecule has 0 aliphatic heterocycles. The molecule has 0 aliphatic carbocycles. The first-order valence-electron chi connectivity index (χ1n) is 9.46. The van der Waals surface area contributed by atoms with E-state index in [0.29, 0.717) is 23.6 Å². The van der Waals surface area contributed by atoms with Crippen LogP contribution in [-0.4, -0.2) is 39.2 Å². The van der Waals surface area contributed by atoms with E-state index >= 15 is 4.39 Å². The van der Waals surface area contributed by atoms with Gasteiger partial charge in [0.15, 0.2) is 11.6 Å². The molecule has 9 nitrogen and oxygen atoms in total. The standard InChI is InChI=1S/C20H24FN7O2/c1-4-29-14-9-15(17(21)16(10-14)30-11(2)3)18(20-25-27-28-26-20)24-13-7-5-12(6-8-13)19(22)23/h5-11,18,24H,4H2,1-3H3,(H3,22,23)(H,25,26,27,28). The third kappa shape index (κ3) is 4.83. The molecule has 158 valence electrons. The molecule has 2 aromatic carbocycles. The number of nitrogens with one attached hydrogen (secondary N) is 3. The smallest absolute Gasteiger partial charge is 0.201 e. The van der Waals surface area contributed by atoms with Crippen molar-refractivity contribution in [2.45, 2.75) is 32.9 Å². The van der Waals surface area contributed by atoms with Gasteiger partial charge < -0.3 is 20.5 Å². The lowest BCUT2D eigenvalue weighted by atomic mass is 10.0. The summed E-state index contributed by atoms with van der Waals surface area (Å²) in [5.41, 5.74) is 6.98. The highest BCUT2D eigenvalue weighted by atomic mass is 19.1. The van der Waals surface area contributed by atoms with E-state index in [2.05, 4.69) is 25.9 Å². The minimum atomic E-state index is -0.776. The van der Waals surface area contributed by atoms with E-state index in [1.165, 1.54) is 6.07 Å². The molecular weight excluding hydrogens is 389 g/mol. The highest BCUT2D eigenvalue weighted by Gasteiger charge is 2.26. The number of H-pyrrole nitrogens is 1. The van der Waals surface area contributed by atoms with Crippen molar-refractivity contribution in [3.05, 3.63) is 59.2 Å². The number of anilines is 1. The summed E-state index contributed by atoms with van der Waals surface area (Å²) in [4.78, 5) is 0. The molecule has 0 saturated heterocycles. The predicted octanol–water partition coefficient (Wildman–Crippen LogP) is 3.01. The second-order valence-electron chi connectivity index (χ2n) is 6.76. The van der Waals surface area contributed by atoms with Crippen molar-refractivity contribution < 1.29 is 13.9 Å². The Morgan fingerprint density at radius 1 is 1.27 bits per heavy atom. The highest BCUT2D eigenvalue weighted by Crippen LogP contribution is 2.35. The zero-order valence-corrected chi connectivity index (χ0v) is 16.9. The molecule has 0 fully saturated rings. The SMILES string of the molecule is CCOc1cc(OC(C)C)c(F)c(C(Nc2ccc(C(=N)N)cc2)c2nn[nH]n2)c1. The quantitative estimate of drug-likeness (QED) is 0.313. The van der Waals surface area contributed by atoms with Gasteiger partial charge in [0.25, 0.3) is 0 Å². The number of hydrogen-bond acceptors (Lipinski definition) is 7. The van der Waals surface area contributed by atoms with E-state index < -0.39 is 11.9 Å². The zero-order chi connectivity index (χ0) is 21.7. The number of tetrazole rings is 1. The minimum absolute atomic E-state index is 0.0396. The lowest BCUT2D eigenvalue weighted by Gasteiger charge is -2.21. The first-order chi connectivity index (χ1) is 14.4. The first kappa shape index (κ1) is 21.0. The molecule has 10 heteroatoms. The molecule has 0 radical (unpaired) electrons. The largest absolute Gasteiger partial charge is 0.494 e. The molecule has 3 aromatic rings. The predicted molar refractivity (Wildman–Crippen MR) is 110 cm³/mol. The van der Waals surface area contributed by atoms with Crippen LogP contribution in [0.5, 0.6) is 11.5 Å². The summed E-state index contributed by atoms with van der Waals surface area (Å²) in [7, 11) is 0. The number of aromatic nitrogens is 4. The van der Waals surface area contributed by atoms with Crippen LogP contribution in [0.2, 0.25) is 0 Å². The van der Waals surface area contributed by atoms with Crippen molar-refractivity contribution in [1.29, 1.82) is 5.41 Å². The van der Waals surface area contributed by atoms with Gasteiger partial charge in [0.2, 0.25) is 5.82 Å². The summed E-state index contributed by atoms with van der Waals surface area (Å²) < 4.78 is 26.7. The summed E-state index contributed by atoms with van der Waals surface area (Å²) in [6, 6.07) is 9.19. The van der Waals surface area contributed by atoms with E-state index in [4.69, 9.17) is 20.6 Å². The Kier molecular flexibility index (Phi) is 6.45. The van der Waals surface area contributed by atoms with Crippen LogP contribution < -0.4 is 20.5 Å². The number of benzene rings is 2. The number of hydrogen-bond donors (Lipinski definition) is 4. The summed E-state index contributed by atoms with van der Waals surface area (Å²) in [6.45, 7) is 5.90. The Morgan fingerprint density at radius 2 is 2.00 bits per heavy atom. The van der Waals surface area contributed by atoms with E-state index in [9.17, 15) is 0 Å². The maximum absolute atomic E-state index is 15.4. The molecular formula is C20H24FN7O2. The second-order valence-corrected chi connectivity index (χ2v) is 6.76. The van der Waals surface area contributed by atoms with Gasteiger partial charge in [-0.25, -0.2) is 4.39 Å². The van der Waals surface area contributed by atoms with Crippen molar-refractivity contribution in [2.24, 2.45) is 5.73 Å². The molecule has 1 unspecified atom stereocenters. The summed E-state index contributed by atoms with van der Waals surface area (Å²) in [5.74, 6) is 0.200. The van der Waals surface area contributed by atoms with Crippen molar-refractivity contribution in [3.63, 3.8) is 0 Å². The summed E-state index contributed by atoms with van der Waals surface area (Å²) >= 11 is 0. The molecule has 1 heterocycles. The Labute approximate surface area is 173 Å². The molecule has 1 aromatic heterocycles. The fourth-order valence-corrected chi connectivity index (χ4v) is 2.88. The average molecular weight is 413 g/mol. The summed E-state index contributed by atoms with van der Waals surface area (Å²) in [6.07, 6.45) is -0.222. The second kappa shape index (κ2) is 9.21. The Hall–Kier alpha value is -3.69. The van der Waals surface area contributed by atoms with Gasteiger partial charge in [0.1, 0.15) is 17.6 Å². The number of halogens is 1. The fourth-order valence-electron chi connectivity index (χ4n) is 2.88. The average Bonchev–Trinajstić information content (AvgIpc) is 3.23. The van der Waals surface area contributed by atoms with Crippen molar-refractivity contribution in [3.8, 4) is 11.5 Å². The monoisotopic (exact) mass is 413 g/mol. The van der Waals surface area contributed by atoms with Gasteiger partial charge in [0, 0.05) is 22.9 Å². The zero-order valence-electron chi connectivity index (χ0n) is 16.9. The molecule has 0 aliphatic rings. The number of aromatic amines is 1. The van der Waals surface area contributed by atoms with Gasteiger partial charge in [-0.3, -0.25) is 5.41 Å². The van der Waals surface area contributed by atoms with Crippen LogP contribution in [0.4, 0.5) is 10.1 Å². The van der Waals surface area contributed by atoms with Crippen LogP contribution in [0.3, 0.4) is 0 Å². The van der Waals surface area contributed by atoms with Crippen LogP contribution in [0.15, 0.2) is 36.4 Å². The van der Waals surface area contributed by atoms with Crippen LogP contribution in [-0.2, 0) is 0 Å². The Morgan fingerprint density at radius 3 is 2.57 bits per heavy atom. The molecule has 3 rings (SSSR count). The van der Waals surface area contributed by atoms with Gasteiger partial charge in [-0.05, 0) is 51.1 Å². The number of nitrogens with two attached hydrogens (primary N) is 1. The van der Waals surface area contributed by atoms with Gasteiger partial charge >= 0.3 is 0 Å². The fraction of sp³-hybridized carbons (Fsp3) is 0.300. The number of nitrogens with zero attached hydrogens (tertiary/aromatic N) is 3. The maximum atomic E-state index is 15.4. The number of ether oxygens (including phenoxy) is 2. The number of nitrogen functional groups attached to an aromatic ring is 1. The van der Waals surface area contributed by atoms with Gasteiger partial charge in [-0.2, -0.15) is 5.21 Å². The van der Waals surface area contributed by atoms with E-state index in [1.807, 2.05) is 20.8 Å². The highest BCUT2D eigenvalue weighted by molar-refractivity contribution is 5.95. The lowest BCUT2D eigenvalue weighted by molar-refractivity contribution is 0.228. The van der Waals surface area contributed by atoms with Gasteiger partial charge in [0.05, 0.1) is 12.7 Å². The molecule has 0 spiro atoms.